The SMILES string of the molecule is CC(C)n1c(=O)n(C(CCCl)c2ccccc2)c2c(F)cccc21. The number of hydrogen-bond acceptors (Lipinski definition) is 1. The molecular formula is C19H20ClFN2O. The van der Waals surface area contributed by atoms with Gasteiger partial charge >= 0.3 is 5.69 Å². The van der Waals surface area contributed by atoms with Gasteiger partial charge in [-0.1, -0.05) is 36.4 Å². The van der Waals surface area contributed by atoms with Crippen LogP contribution >= 0.6 is 11.6 Å². The number of nitrogens with zero attached hydrogens (tertiary/aromatic N) is 2. The minimum absolute atomic E-state index is 0.0597. The number of alkyl halides is 1. The van der Waals surface area contributed by atoms with Gasteiger partial charge in [0.1, 0.15) is 11.3 Å². The topological polar surface area (TPSA) is 26.9 Å². The molecule has 0 aliphatic rings. The number of aromatic nitrogens is 2. The van der Waals surface area contributed by atoms with Gasteiger partial charge in [-0.05, 0) is 38.0 Å². The molecule has 5 heteroatoms. The molecule has 1 aromatic heterocycles. The predicted octanol–water partition coefficient (Wildman–Crippen LogP) is 4.74. The van der Waals surface area contributed by atoms with Crippen LogP contribution in [0.15, 0.2) is 53.3 Å². The lowest BCUT2D eigenvalue weighted by Gasteiger charge is -2.18. The Kier molecular flexibility index (Phi) is 4.76. The molecule has 1 heterocycles. The normalized spacial score (nSPS) is 12.9. The van der Waals surface area contributed by atoms with Crippen LogP contribution < -0.4 is 5.69 Å². The van der Waals surface area contributed by atoms with E-state index in [-0.39, 0.29) is 23.6 Å². The first-order chi connectivity index (χ1) is 11.6. The van der Waals surface area contributed by atoms with E-state index in [1.165, 1.54) is 6.07 Å². The lowest BCUT2D eigenvalue weighted by atomic mass is 10.0. The van der Waals surface area contributed by atoms with Crippen molar-refractivity contribution < 1.29 is 4.39 Å². The predicted molar refractivity (Wildman–Crippen MR) is 96.5 cm³/mol. The quantitative estimate of drug-likeness (QED) is 0.613. The van der Waals surface area contributed by atoms with Crippen molar-refractivity contribution in [3.63, 3.8) is 0 Å². The second kappa shape index (κ2) is 6.81. The van der Waals surface area contributed by atoms with Crippen molar-refractivity contribution in [1.29, 1.82) is 0 Å². The van der Waals surface area contributed by atoms with E-state index in [1.807, 2.05) is 44.2 Å². The van der Waals surface area contributed by atoms with Gasteiger partial charge in [-0.2, -0.15) is 0 Å². The standard InChI is InChI=1S/C19H20ClFN2O/c1-13(2)22-17-10-6-9-15(21)18(17)23(19(22)24)16(11-12-20)14-7-4-3-5-8-14/h3-10,13,16H,11-12H2,1-2H3. The molecule has 0 spiro atoms. The molecule has 0 amide bonds. The Hall–Kier alpha value is -2.07. The third kappa shape index (κ3) is 2.75. The summed E-state index contributed by atoms with van der Waals surface area (Å²) in [7, 11) is 0. The maximum absolute atomic E-state index is 14.6. The minimum Gasteiger partial charge on any atom is -0.289 e. The Morgan fingerprint density at radius 1 is 1.04 bits per heavy atom. The van der Waals surface area contributed by atoms with Crippen molar-refractivity contribution in [2.24, 2.45) is 0 Å². The van der Waals surface area contributed by atoms with Gasteiger partial charge in [0.05, 0.1) is 11.6 Å². The van der Waals surface area contributed by atoms with Crippen LogP contribution in [0.4, 0.5) is 4.39 Å². The van der Waals surface area contributed by atoms with E-state index in [1.54, 1.807) is 21.3 Å². The molecule has 0 radical (unpaired) electrons. The molecule has 3 aromatic rings. The van der Waals surface area contributed by atoms with Crippen LogP contribution in [-0.4, -0.2) is 15.0 Å². The average Bonchev–Trinajstić information content (AvgIpc) is 2.87. The Balaban J connectivity index is 2.35. The third-order valence-electron chi connectivity index (χ3n) is 4.27. The summed E-state index contributed by atoms with van der Waals surface area (Å²) in [5.74, 6) is -0.00561. The molecule has 0 saturated heterocycles. The largest absolute Gasteiger partial charge is 0.330 e. The molecule has 0 aliphatic heterocycles. The van der Waals surface area contributed by atoms with Gasteiger partial charge in [-0.15, -0.1) is 11.6 Å². The van der Waals surface area contributed by atoms with Crippen LogP contribution in [-0.2, 0) is 0 Å². The highest BCUT2D eigenvalue weighted by Gasteiger charge is 2.24. The van der Waals surface area contributed by atoms with E-state index in [4.69, 9.17) is 11.6 Å². The van der Waals surface area contributed by atoms with E-state index < -0.39 is 0 Å². The van der Waals surface area contributed by atoms with Crippen molar-refractivity contribution in [3.05, 3.63) is 70.4 Å². The zero-order valence-corrected chi connectivity index (χ0v) is 14.5. The monoisotopic (exact) mass is 346 g/mol. The Morgan fingerprint density at radius 2 is 1.75 bits per heavy atom. The molecule has 126 valence electrons. The van der Waals surface area contributed by atoms with Crippen molar-refractivity contribution in [1.82, 2.24) is 9.13 Å². The van der Waals surface area contributed by atoms with E-state index in [0.29, 0.717) is 23.3 Å². The summed E-state index contributed by atoms with van der Waals surface area (Å²) >= 11 is 5.99. The summed E-state index contributed by atoms with van der Waals surface area (Å²) in [6.45, 7) is 3.85. The highest BCUT2D eigenvalue weighted by molar-refractivity contribution is 6.17. The number of fused-ring (bicyclic) bond motifs is 1. The highest BCUT2D eigenvalue weighted by atomic mass is 35.5. The third-order valence-corrected chi connectivity index (χ3v) is 4.49. The van der Waals surface area contributed by atoms with Gasteiger partial charge < -0.3 is 0 Å². The zero-order chi connectivity index (χ0) is 17.3. The van der Waals surface area contributed by atoms with E-state index in [2.05, 4.69) is 0 Å². The number of imidazole rings is 1. The van der Waals surface area contributed by atoms with Crippen molar-refractivity contribution in [2.45, 2.75) is 32.4 Å². The van der Waals surface area contributed by atoms with E-state index >= 15 is 0 Å². The summed E-state index contributed by atoms with van der Waals surface area (Å²) in [6.07, 6.45) is 0.553. The summed E-state index contributed by atoms with van der Waals surface area (Å²) in [5.41, 5.74) is 1.70. The second-order valence-corrected chi connectivity index (χ2v) is 6.51. The lowest BCUT2D eigenvalue weighted by Crippen LogP contribution is -2.29. The smallest absolute Gasteiger partial charge is 0.289 e. The molecule has 2 aromatic carbocycles. The maximum Gasteiger partial charge on any atom is 0.330 e. The van der Waals surface area contributed by atoms with Crippen LogP contribution in [0.1, 0.15) is 37.9 Å². The first-order valence-electron chi connectivity index (χ1n) is 8.08. The molecule has 3 rings (SSSR count). The van der Waals surface area contributed by atoms with Crippen LogP contribution in [0.3, 0.4) is 0 Å². The zero-order valence-electron chi connectivity index (χ0n) is 13.7. The molecule has 0 saturated carbocycles. The van der Waals surface area contributed by atoms with Gasteiger partial charge in [-0.25, -0.2) is 9.18 Å². The highest BCUT2D eigenvalue weighted by Crippen LogP contribution is 2.28. The molecule has 24 heavy (non-hydrogen) atoms. The molecule has 1 atom stereocenters. The molecule has 1 unspecified atom stereocenters. The maximum atomic E-state index is 14.6. The van der Waals surface area contributed by atoms with Crippen molar-refractivity contribution >= 4 is 22.6 Å². The summed E-state index contributed by atoms with van der Waals surface area (Å²) in [6, 6.07) is 14.1. The van der Waals surface area contributed by atoms with Gasteiger partial charge in [-0.3, -0.25) is 9.13 Å². The van der Waals surface area contributed by atoms with Gasteiger partial charge in [0.15, 0.2) is 0 Å². The molecule has 0 fully saturated rings. The Bertz CT molecular complexity index is 899. The minimum atomic E-state index is -0.389. The molecule has 0 N–H and O–H groups in total. The Morgan fingerprint density at radius 3 is 2.38 bits per heavy atom. The first-order valence-corrected chi connectivity index (χ1v) is 8.61. The first kappa shape index (κ1) is 16.8. The van der Waals surface area contributed by atoms with Gasteiger partial charge in [0.2, 0.25) is 0 Å². The lowest BCUT2D eigenvalue weighted by molar-refractivity contribution is 0.515. The van der Waals surface area contributed by atoms with Crippen molar-refractivity contribution in [3.8, 4) is 0 Å². The summed E-state index contributed by atoms with van der Waals surface area (Å²) in [5, 5.41) is 0. The van der Waals surface area contributed by atoms with Gasteiger partial charge in [0.25, 0.3) is 0 Å². The van der Waals surface area contributed by atoms with Crippen LogP contribution in [0.25, 0.3) is 11.0 Å². The van der Waals surface area contributed by atoms with Crippen LogP contribution in [0, 0.1) is 5.82 Å². The van der Waals surface area contributed by atoms with E-state index in [0.717, 1.165) is 5.56 Å². The van der Waals surface area contributed by atoms with Crippen molar-refractivity contribution in [2.75, 3.05) is 5.88 Å². The molecular weight excluding hydrogens is 327 g/mol. The number of halogens is 2. The molecule has 0 bridgehead atoms. The summed E-state index contributed by atoms with van der Waals surface area (Å²) < 4.78 is 17.8. The number of hydrogen-bond donors (Lipinski definition) is 0. The van der Waals surface area contributed by atoms with Crippen LogP contribution in [0.5, 0.6) is 0 Å². The summed E-state index contributed by atoms with van der Waals surface area (Å²) in [4.78, 5) is 13.1. The number of rotatable bonds is 5. The van der Waals surface area contributed by atoms with Gasteiger partial charge in [0, 0.05) is 11.9 Å². The van der Waals surface area contributed by atoms with E-state index in [9.17, 15) is 9.18 Å². The number of benzene rings is 2. The Labute approximate surface area is 145 Å². The molecule has 3 nitrogen and oxygen atoms in total. The second-order valence-electron chi connectivity index (χ2n) is 6.13. The van der Waals surface area contributed by atoms with Crippen LogP contribution in [0.2, 0.25) is 0 Å². The molecule has 0 aliphatic carbocycles. The fourth-order valence-electron chi connectivity index (χ4n) is 3.26. The average molecular weight is 347 g/mol. The number of para-hydroxylation sites is 1. The fourth-order valence-corrected chi connectivity index (χ4v) is 3.47. The fraction of sp³-hybridized carbons (Fsp3) is 0.316.